The molecule has 90 valence electrons. The van der Waals surface area contributed by atoms with Crippen LogP contribution in [0.5, 0.6) is 0 Å². The number of Topliss-reactive ketones (excluding diaryl/α,β-unsaturated/α-hetero) is 1. The van der Waals surface area contributed by atoms with Crippen LogP contribution >= 0.6 is 0 Å². The van der Waals surface area contributed by atoms with Gasteiger partial charge in [0.2, 0.25) is 0 Å². The standard InChI is InChI=1S/C9H18N2O2.C2H6/c1-8(12)6-4-2-3-5-7-11-9(10)13;1-2/h2-7H2,1H3,(H3,10,11,13);1-2H3. The lowest BCUT2D eigenvalue weighted by molar-refractivity contribution is -0.117. The summed E-state index contributed by atoms with van der Waals surface area (Å²) in [5.74, 6) is 0.246. The zero-order valence-corrected chi connectivity index (χ0v) is 10.1. The second kappa shape index (κ2) is 12.9. The van der Waals surface area contributed by atoms with Crippen LogP contribution in [0.3, 0.4) is 0 Å². The number of rotatable bonds is 7. The summed E-state index contributed by atoms with van der Waals surface area (Å²) in [6.45, 7) is 6.24. The summed E-state index contributed by atoms with van der Waals surface area (Å²) in [5, 5.41) is 2.52. The van der Waals surface area contributed by atoms with Gasteiger partial charge in [0.15, 0.2) is 0 Å². The molecule has 0 aliphatic rings. The van der Waals surface area contributed by atoms with Crippen molar-refractivity contribution in [1.29, 1.82) is 0 Å². The second-order valence-electron chi connectivity index (χ2n) is 3.16. The highest BCUT2D eigenvalue weighted by atomic mass is 16.2. The smallest absolute Gasteiger partial charge is 0.312 e. The van der Waals surface area contributed by atoms with Crippen molar-refractivity contribution in [2.75, 3.05) is 6.54 Å². The van der Waals surface area contributed by atoms with Gasteiger partial charge in [-0.3, -0.25) is 0 Å². The zero-order valence-electron chi connectivity index (χ0n) is 10.1. The summed E-state index contributed by atoms with van der Waals surface area (Å²) in [6, 6.07) is -0.469. The Bertz CT molecular complexity index is 152. The number of nitrogens with two attached hydrogens (primary N) is 1. The van der Waals surface area contributed by atoms with Crippen molar-refractivity contribution in [1.82, 2.24) is 5.32 Å². The lowest BCUT2D eigenvalue weighted by atomic mass is 10.1. The molecule has 4 heteroatoms. The van der Waals surface area contributed by atoms with Crippen LogP contribution in [0.1, 0.15) is 52.9 Å². The number of carbonyl (C=O) groups excluding carboxylic acids is 2. The summed E-state index contributed by atoms with van der Waals surface area (Å²) in [5.41, 5.74) is 4.88. The molecule has 15 heavy (non-hydrogen) atoms. The van der Waals surface area contributed by atoms with Crippen LogP contribution in [0.15, 0.2) is 0 Å². The molecule has 0 spiro atoms. The van der Waals surface area contributed by atoms with Gasteiger partial charge in [0.25, 0.3) is 0 Å². The van der Waals surface area contributed by atoms with E-state index in [2.05, 4.69) is 5.32 Å². The Morgan fingerprint density at radius 3 is 2.07 bits per heavy atom. The molecule has 2 amide bonds. The van der Waals surface area contributed by atoms with Gasteiger partial charge in [-0.15, -0.1) is 0 Å². The third-order valence-electron chi connectivity index (χ3n) is 1.75. The summed E-state index contributed by atoms with van der Waals surface area (Å²) < 4.78 is 0. The van der Waals surface area contributed by atoms with E-state index < -0.39 is 6.03 Å². The Morgan fingerprint density at radius 1 is 1.07 bits per heavy atom. The molecule has 0 fully saturated rings. The first kappa shape index (κ1) is 16.4. The van der Waals surface area contributed by atoms with E-state index in [9.17, 15) is 9.59 Å². The molecule has 0 aromatic carbocycles. The minimum absolute atomic E-state index is 0.246. The van der Waals surface area contributed by atoms with Crippen LogP contribution in [0.2, 0.25) is 0 Å². The number of nitrogens with one attached hydrogen (secondary N) is 1. The molecule has 0 bridgehead atoms. The maximum atomic E-state index is 10.5. The van der Waals surface area contributed by atoms with Crippen LogP contribution in [0, 0.1) is 0 Å². The lowest BCUT2D eigenvalue weighted by Crippen LogP contribution is -2.29. The van der Waals surface area contributed by atoms with Gasteiger partial charge in [-0.2, -0.15) is 0 Å². The fourth-order valence-electron chi connectivity index (χ4n) is 1.06. The minimum Gasteiger partial charge on any atom is -0.352 e. The molecule has 0 aliphatic heterocycles. The molecule has 0 heterocycles. The molecule has 0 atom stereocenters. The average molecular weight is 216 g/mol. The number of hydrogen-bond acceptors (Lipinski definition) is 2. The van der Waals surface area contributed by atoms with Crippen LogP contribution < -0.4 is 11.1 Å². The number of hydrogen-bond donors (Lipinski definition) is 2. The fraction of sp³-hybridized carbons (Fsp3) is 0.818. The predicted molar refractivity (Wildman–Crippen MR) is 62.7 cm³/mol. The first-order valence-corrected chi connectivity index (χ1v) is 5.65. The van der Waals surface area contributed by atoms with Gasteiger partial charge in [-0.25, -0.2) is 4.79 Å². The highest BCUT2D eigenvalue weighted by molar-refractivity contribution is 5.75. The van der Waals surface area contributed by atoms with Gasteiger partial charge in [0, 0.05) is 13.0 Å². The largest absolute Gasteiger partial charge is 0.352 e. The van der Waals surface area contributed by atoms with Crippen LogP contribution in [0.4, 0.5) is 4.79 Å². The van der Waals surface area contributed by atoms with Crippen molar-refractivity contribution < 1.29 is 9.59 Å². The molecule has 0 aromatic heterocycles. The monoisotopic (exact) mass is 216 g/mol. The van der Waals surface area contributed by atoms with Crippen LogP contribution in [0.25, 0.3) is 0 Å². The Morgan fingerprint density at radius 2 is 1.60 bits per heavy atom. The van der Waals surface area contributed by atoms with Gasteiger partial charge in [-0.1, -0.05) is 26.7 Å². The van der Waals surface area contributed by atoms with Crippen molar-refractivity contribution in [3.63, 3.8) is 0 Å². The van der Waals surface area contributed by atoms with Crippen LogP contribution in [-0.4, -0.2) is 18.4 Å². The summed E-state index contributed by atoms with van der Waals surface area (Å²) in [4.78, 5) is 20.8. The van der Waals surface area contributed by atoms with E-state index in [-0.39, 0.29) is 5.78 Å². The van der Waals surface area contributed by atoms with E-state index in [0.29, 0.717) is 13.0 Å². The van der Waals surface area contributed by atoms with Gasteiger partial charge >= 0.3 is 6.03 Å². The molecule has 0 saturated heterocycles. The third kappa shape index (κ3) is 19.4. The quantitative estimate of drug-likeness (QED) is 0.640. The first-order valence-electron chi connectivity index (χ1n) is 5.65. The number of urea groups is 1. The number of amides is 2. The Labute approximate surface area is 92.6 Å². The fourth-order valence-corrected chi connectivity index (χ4v) is 1.06. The van der Waals surface area contributed by atoms with E-state index in [1.807, 2.05) is 13.8 Å². The topological polar surface area (TPSA) is 72.2 Å². The maximum Gasteiger partial charge on any atom is 0.312 e. The molecule has 0 aliphatic carbocycles. The van der Waals surface area contributed by atoms with Crippen molar-refractivity contribution in [2.45, 2.75) is 52.9 Å². The Hall–Kier alpha value is -1.06. The highest BCUT2D eigenvalue weighted by Crippen LogP contribution is 2.02. The van der Waals surface area contributed by atoms with E-state index in [1.54, 1.807) is 6.92 Å². The van der Waals surface area contributed by atoms with Gasteiger partial charge in [-0.05, 0) is 19.8 Å². The molecular formula is C11H24N2O2. The minimum atomic E-state index is -0.469. The van der Waals surface area contributed by atoms with Crippen molar-refractivity contribution in [3.8, 4) is 0 Å². The molecule has 0 rings (SSSR count). The predicted octanol–water partition coefficient (Wildman–Crippen LogP) is 2.22. The van der Waals surface area contributed by atoms with E-state index in [4.69, 9.17) is 5.73 Å². The lowest BCUT2D eigenvalue weighted by Gasteiger charge is -2.00. The number of primary amides is 1. The van der Waals surface area contributed by atoms with Crippen molar-refractivity contribution >= 4 is 11.8 Å². The maximum absolute atomic E-state index is 10.5. The average Bonchev–Trinajstić information content (AvgIpc) is 2.18. The van der Waals surface area contributed by atoms with Gasteiger partial charge in [0.1, 0.15) is 5.78 Å². The second-order valence-corrected chi connectivity index (χ2v) is 3.16. The Balaban J connectivity index is 0. The Kier molecular flexibility index (Phi) is 14.1. The molecule has 3 N–H and O–H groups in total. The van der Waals surface area contributed by atoms with Crippen LogP contribution in [-0.2, 0) is 4.79 Å². The number of carbonyl (C=O) groups is 2. The summed E-state index contributed by atoms with van der Waals surface area (Å²) in [7, 11) is 0. The number of ketones is 1. The summed E-state index contributed by atoms with van der Waals surface area (Å²) >= 11 is 0. The van der Waals surface area contributed by atoms with E-state index in [1.165, 1.54) is 0 Å². The molecule has 0 aromatic rings. The number of unbranched alkanes of at least 4 members (excludes halogenated alkanes) is 3. The van der Waals surface area contributed by atoms with Crippen molar-refractivity contribution in [3.05, 3.63) is 0 Å². The molecule has 0 unspecified atom stereocenters. The molecular weight excluding hydrogens is 192 g/mol. The van der Waals surface area contributed by atoms with Crippen molar-refractivity contribution in [2.24, 2.45) is 5.73 Å². The van der Waals surface area contributed by atoms with Gasteiger partial charge in [0.05, 0.1) is 0 Å². The van der Waals surface area contributed by atoms with E-state index >= 15 is 0 Å². The van der Waals surface area contributed by atoms with Gasteiger partial charge < -0.3 is 15.8 Å². The molecule has 0 saturated carbocycles. The van der Waals surface area contributed by atoms with E-state index in [0.717, 1.165) is 25.7 Å². The highest BCUT2D eigenvalue weighted by Gasteiger charge is 1.94. The third-order valence-corrected chi connectivity index (χ3v) is 1.75. The first-order chi connectivity index (χ1) is 7.13. The molecule has 4 nitrogen and oxygen atoms in total. The SMILES string of the molecule is CC.CC(=O)CCCCCCNC(N)=O. The summed E-state index contributed by atoms with van der Waals surface area (Å²) in [6.07, 6.45) is 4.63. The molecule has 0 radical (unpaired) electrons. The zero-order chi connectivity index (χ0) is 12.1. The normalized spacial score (nSPS) is 8.73.